The van der Waals surface area contributed by atoms with Gasteiger partial charge in [0.05, 0.1) is 24.2 Å². The van der Waals surface area contributed by atoms with Crippen LogP contribution in [0.5, 0.6) is 5.75 Å². The molecule has 0 N–H and O–H groups in total. The first kappa shape index (κ1) is 27.5. The lowest BCUT2D eigenvalue weighted by atomic mass is 10.1. The number of nitrogens with zero attached hydrogens (tertiary/aromatic N) is 2. The maximum Gasteiger partial charge on any atom is 0.235 e. The molecule has 0 spiro atoms. The maximum absolute atomic E-state index is 14.5. The molecule has 0 aliphatic rings. The average Bonchev–Trinajstić information content (AvgIpc) is 2.82. The summed E-state index contributed by atoms with van der Waals surface area (Å²) < 4.78 is 20.4. The predicted octanol–water partition coefficient (Wildman–Crippen LogP) is 8.39. The van der Waals surface area contributed by atoms with Gasteiger partial charge in [0.1, 0.15) is 5.75 Å². The lowest BCUT2D eigenvalue weighted by molar-refractivity contribution is 0.304. The molecule has 0 radical (unpaired) electrons. The molecule has 1 heterocycles. The molecule has 0 saturated heterocycles. The van der Waals surface area contributed by atoms with E-state index in [-0.39, 0.29) is 0 Å². The third kappa shape index (κ3) is 10.4. The molecule has 2 aromatic rings. The van der Waals surface area contributed by atoms with Gasteiger partial charge in [-0.3, -0.25) is 4.98 Å². The number of hydrogen-bond acceptors (Lipinski definition) is 3. The van der Waals surface area contributed by atoms with Gasteiger partial charge in [-0.15, -0.1) is 0 Å². The van der Waals surface area contributed by atoms with Gasteiger partial charge in [-0.05, 0) is 55.5 Å². The molecular weight excluding hydrogens is 427 g/mol. The number of rotatable bonds is 17. The number of unbranched alkanes of at least 4 members (excludes halogenated alkanes) is 6. The molecule has 1 unspecified atom stereocenters. The van der Waals surface area contributed by atoms with Gasteiger partial charge in [-0.1, -0.05) is 78.3 Å². The minimum atomic E-state index is -0.596. The lowest BCUT2D eigenvalue weighted by Gasteiger charge is -2.19. The van der Waals surface area contributed by atoms with E-state index in [1.54, 1.807) is 6.20 Å². The molecule has 0 aliphatic carbocycles. The summed E-state index contributed by atoms with van der Waals surface area (Å²) in [6.07, 6.45) is 15.9. The van der Waals surface area contributed by atoms with Gasteiger partial charge >= 0.3 is 0 Å². The van der Waals surface area contributed by atoms with E-state index < -0.39 is 14.7 Å². The van der Waals surface area contributed by atoms with E-state index in [2.05, 4.69) is 36.9 Å². The summed E-state index contributed by atoms with van der Waals surface area (Å²) in [6.45, 7) is 10.2. The number of benzene rings is 1. The van der Waals surface area contributed by atoms with E-state index in [0.717, 1.165) is 42.7 Å². The van der Waals surface area contributed by atoms with E-state index in [9.17, 15) is 4.39 Å². The Labute approximate surface area is 203 Å². The largest absolute Gasteiger partial charge is 0.494 e. The normalized spacial score (nSPS) is 12.3. The fourth-order valence-electron chi connectivity index (χ4n) is 4.31. The summed E-state index contributed by atoms with van der Waals surface area (Å²) in [5.41, 5.74) is 2.85. The van der Waals surface area contributed by atoms with E-state index in [0.29, 0.717) is 17.8 Å². The van der Waals surface area contributed by atoms with E-state index in [4.69, 9.17) is 4.74 Å². The quantitative estimate of drug-likeness (QED) is 0.171. The van der Waals surface area contributed by atoms with E-state index >= 15 is 0 Å². The maximum atomic E-state index is 14.5. The zero-order valence-electron chi connectivity index (χ0n) is 21.4. The van der Waals surface area contributed by atoms with Crippen LogP contribution in [-0.2, 0) is 6.42 Å². The highest BCUT2D eigenvalue weighted by Crippen LogP contribution is 2.25. The van der Waals surface area contributed by atoms with Crippen molar-refractivity contribution in [3.05, 3.63) is 42.1 Å². The molecule has 0 amide bonds. The molecule has 0 bridgehead atoms. The Morgan fingerprint density at radius 2 is 1.55 bits per heavy atom. The van der Waals surface area contributed by atoms with Crippen LogP contribution in [0.3, 0.4) is 0 Å². The van der Waals surface area contributed by atoms with Crippen molar-refractivity contribution in [3.63, 3.8) is 0 Å². The molecule has 0 aliphatic heterocycles. The van der Waals surface area contributed by atoms with Gasteiger partial charge < -0.3 is 4.74 Å². The summed E-state index contributed by atoms with van der Waals surface area (Å²) >= 11 is 0. The lowest BCUT2D eigenvalue weighted by Crippen LogP contribution is -2.13. The number of halogens is 1. The Morgan fingerprint density at radius 3 is 2.21 bits per heavy atom. The van der Waals surface area contributed by atoms with Gasteiger partial charge in [-0.2, -0.15) is 4.39 Å². The fourth-order valence-corrected chi connectivity index (χ4v) is 6.11. The van der Waals surface area contributed by atoms with Crippen molar-refractivity contribution in [3.8, 4) is 17.0 Å². The van der Waals surface area contributed by atoms with Crippen LogP contribution in [0.25, 0.3) is 11.3 Å². The first-order valence-corrected chi connectivity index (χ1v) is 16.3. The van der Waals surface area contributed by atoms with Crippen LogP contribution in [0.2, 0.25) is 18.6 Å². The van der Waals surface area contributed by atoms with Gasteiger partial charge in [0.15, 0.2) is 0 Å². The van der Waals surface area contributed by atoms with Crippen molar-refractivity contribution in [1.29, 1.82) is 0 Å². The smallest absolute Gasteiger partial charge is 0.235 e. The molecule has 1 aromatic carbocycles. The molecule has 2 rings (SSSR count). The zero-order chi connectivity index (χ0) is 23.9. The fraction of sp³-hybridized carbons (Fsp3) is 0.643. The summed E-state index contributed by atoms with van der Waals surface area (Å²) in [7, 11) is -0.596. The highest BCUT2D eigenvalue weighted by molar-refractivity contribution is 6.57. The Balaban J connectivity index is 1.79. The molecule has 0 saturated carbocycles. The first-order valence-electron chi connectivity index (χ1n) is 13.3. The van der Waals surface area contributed by atoms with Crippen molar-refractivity contribution in [2.45, 2.75) is 110 Å². The second-order valence-electron chi connectivity index (χ2n) is 9.67. The van der Waals surface area contributed by atoms with E-state index in [1.165, 1.54) is 51.4 Å². The van der Waals surface area contributed by atoms with Gasteiger partial charge in [0.2, 0.25) is 5.95 Å². The third-order valence-corrected chi connectivity index (χ3v) is 9.13. The Kier molecular flexibility index (Phi) is 13.3. The topological polar surface area (TPSA) is 35.0 Å². The van der Waals surface area contributed by atoms with Crippen LogP contribution < -0.4 is 4.74 Å². The van der Waals surface area contributed by atoms with Crippen LogP contribution in [0.15, 0.2) is 30.5 Å². The molecular formula is C28H45FN2OSi. The number of hydrogen-bond donors (Lipinski definition) is 0. The SMILES string of the molecule is CCCCCCCCc1ncc(-c2ccc(OCCCC(CCCC)[SiH](C)C)cc2)nc1F. The Morgan fingerprint density at radius 1 is 0.879 bits per heavy atom. The number of aromatic nitrogens is 2. The van der Waals surface area contributed by atoms with Crippen molar-refractivity contribution in [2.24, 2.45) is 0 Å². The van der Waals surface area contributed by atoms with Crippen LogP contribution >= 0.6 is 0 Å². The predicted molar refractivity (Wildman–Crippen MR) is 141 cm³/mol. The summed E-state index contributed by atoms with van der Waals surface area (Å²) in [4.78, 5) is 8.53. The minimum Gasteiger partial charge on any atom is -0.494 e. The molecule has 1 atom stereocenters. The van der Waals surface area contributed by atoms with Crippen LogP contribution in [0.4, 0.5) is 4.39 Å². The minimum absolute atomic E-state index is 0.437. The van der Waals surface area contributed by atoms with Gasteiger partial charge in [0.25, 0.3) is 0 Å². The average molecular weight is 473 g/mol. The van der Waals surface area contributed by atoms with Gasteiger partial charge in [0, 0.05) is 14.4 Å². The Hall–Kier alpha value is -1.75. The second kappa shape index (κ2) is 16.0. The molecule has 3 nitrogen and oxygen atoms in total. The van der Waals surface area contributed by atoms with Crippen molar-refractivity contribution < 1.29 is 9.13 Å². The zero-order valence-corrected chi connectivity index (χ0v) is 22.6. The number of aryl methyl sites for hydroxylation is 1. The van der Waals surface area contributed by atoms with E-state index in [1.807, 2.05) is 24.3 Å². The van der Waals surface area contributed by atoms with Gasteiger partial charge in [-0.25, -0.2) is 4.98 Å². The van der Waals surface area contributed by atoms with Crippen molar-refractivity contribution in [2.75, 3.05) is 6.61 Å². The van der Waals surface area contributed by atoms with Crippen molar-refractivity contribution in [1.82, 2.24) is 9.97 Å². The van der Waals surface area contributed by atoms with Crippen molar-refractivity contribution >= 4 is 8.80 Å². The molecule has 33 heavy (non-hydrogen) atoms. The number of ether oxygens (including phenoxy) is 1. The van der Waals surface area contributed by atoms with Crippen LogP contribution in [0, 0.1) is 5.95 Å². The third-order valence-electron chi connectivity index (χ3n) is 6.58. The first-order chi connectivity index (χ1) is 16.0. The molecule has 184 valence electrons. The highest BCUT2D eigenvalue weighted by atomic mass is 28.3. The van der Waals surface area contributed by atoms with Crippen LogP contribution in [-0.4, -0.2) is 25.4 Å². The van der Waals surface area contributed by atoms with Crippen LogP contribution in [0.1, 0.15) is 90.2 Å². The monoisotopic (exact) mass is 472 g/mol. The molecule has 5 heteroatoms. The summed E-state index contributed by atoms with van der Waals surface area (Å²) in [5.74, 6) is 0.423. The molecule has 0 fully saturated rings. The highest BCUT2D eigenvalue weighted by Gasteiger charge is 2.13. The standard InChI is InChI=1S/C28H45FN2OSi/c1-5-7-9-10-11-12-16-26-28(29)31-27(22-30-26)23-17-19-24(20-18-23)32-21-13-15-25(33(3)4)14-8-6-2/h17-20,22,25,33H,5-16,21H2,1-4H3. The Bertz CT molecular complexity index is 782. The summed E-state index contributed by atoms with van der Waals surface area (Å²) in [6, 6.07) is 7.78. The second-order valence-corrected chi connectivity index (χ2v) is 13.1. The molecule has 1 aromatic heterocycles. The summed E-state index contributed by atoms with van der Waals surface area (Å²) in [5, 5.41) is 0.